The molecule has 2 aromatic rings. The Hall–Kier alpha value is -1.72. The number of hydrogen-bond donors (Lipinski definition) is 2. The summed E-state index contributed by atoms with van der Waals surface area (Å²) in [6, 6.07) is 12.2. The zero-order valence-electron chi connectivity index (χ0n) is 12.4. The summed E-state index contributed by atoms with van der Waals surface area (Å²) in [5.41, 5.74) is 2.20. The summed E-state index contributed by atoms with van der Waals surface area (Å²) in [4.78, 5) is 15.6. The van der Waals surface area contributed by atoms with E-state index in [1.165, 1.54) is 4.88 Å². The van der Waals surface area contributed by atoms with Crippen LogP contribution in [0.4, 0.5) is 11.4 Å². The van der Waals surface area contributed by atoms with Crippen molar-refractivity contribution in [2.75, 3.05) is 29.9 Å². The average Bonchev–Trinajstić information content (AvgIpc) is 3.02. The van der Waals surface area contributed by atoms with Gasteiger partial charge in [0, 0.05) is 18.0 Å². The first-order valence-electron chi connectivity index (χ1n) is 7.14. The van der Waals surface area contributed by atoms with Gasteiger partial charge in [-0.3, -0.25) is 4.79 Å². The van der Waals surface area contributed by atoms with Crippen LogP contribution in [-0.4, -0.2) is 25.5 Å². The average molecular weight is 338 g/mol. The normalized spacial score (nSPS) is 14.3. The minimum Gasteiger partial charge on any atom is -0.382 e. The highest BCUT2D eigenvalue weighted by atomic mass is 35.5. The summed E-state index contributed by atoms with van der Waals surface area (Å²) in [7, 11) is 0. The van der Waals surface area contributed by atoms with E-state index < -0.39 is 0 Å². The molecule has 0 saturated carbocycles. The molecule has 0 bridgehead atoms. The molecule has 3 rings (SSSR count). The number of hydrogen-bond acceptors (Lipinski definition) is 4. The number of halogens is 1. The van der Waals surface area contributed by atoms with Gasteiger partial charge in [-0.25, -0.2) is 0 Å². The summed E-state index contributed by atoms with van der Waals surface area (Å²) >= 11 is 1.67. The smallest absolute Gasteiger partial charge is 0.240 e. The molecule has 2 N–H and O–H groups in total. The molecule has 0 radical (unpaired) electrons. The molecule has 1 aromatic carbocycles. The van der Waals surface area contributed by atoms with Gasteiger partial charge in [0.1, 0.15) is 0 Å². The number of fused-ring (bicyclic) bond motifs is 1. The topological polar surface area (TPSA) is 44.4 Å². The molecule has 1 aliphatic rings. The van der Waals surface area contributed by atoms with Gasteiger partial charge in [-0.2, -0.15) is 0 Å². The lowest BCUT2D eigenvalue weighted by atomic mass is 10.2. The number of amides is 1. The van der Waals surface area contributed by atoms with E-state index in [-0.39, 0.29) is 24.4 Å². The molecule has 118 valence electrons. The molecule has 4 nitrogen and oxygen atoms in total. The number of benzene rings is 1. The van der Waals surface area contributed by atoms with E-state index in [1.54, 1.807) is 11.3 Å². The molecule has 0 spiro atoms. The van der Waals surface area contributed by atoms with E-state index in [4.69, 9.17) is 0 Å². The van der Waals surface area contributed by atoms with Crippen molar-refractivity contribution >= 4 is 41.0 Å². The zero-order valence-corrected chi connectivity index (χ0v) is 14.0. The van der Waals surface area contributed by atoms with Crippen LogP contribution < -0.4 is 15.5 Å². The van der Waals surface area contributed by atoms with Crippen LogP contribution >= 0.6 is 23.7 Å². The fraction of sp³-hybridized carbons (Fsp3) is 0.312. The molecule has 1 atom stereocenters. The first-order valence-corrected chi connectivity index (χ1v) is 8.02. The number of rotatable bonds is 4. The molecule has 6 heteroatoms. The molecule has 0 saturated heterocycles. The van der Waals surface area contributed by atoms with Gasteiger partial charge >= 0.3 is 0 Å². The highest BCUT2D eigenvalue weighted by Gasteiger charge is 2.19. The summed E-state index contributed by atoms with van der Waals surface area (Å²) < 4.78 is 0. The number of thiophene rings is 1. The van der Waals surface area contributed by atoms with E-state index in [0.717, 1.165) is 24.5 Å². The van der Waals surface area contributed by atoms with Crippen LogP contribution in [0.3, 0.4) is 0 Å². The Morgan fingerprint density at radius 3 is 2.95 bits per heavy atom. The first-order chi connectivity index (χ1) is 10.2. The third-order valence-corrected chi connectivity index (χ3v) is 4.68. The largest absolute Gasteiger partial charge is 0.382 e. The van der Waals surface area contributed by atoms with Gasteiger partial charge in [-0.15, -0.1) is 23.7 Å². The molecule has 1 aliphatic heterocycles. The van der Waals surface area contributed by atoms with Gasteiger partial charge in [0.15, 0.2) is 0 Å². The summed E-state index contributed by atoms with van der Waals surface area (Å²) in [5, 5.41) is 8.46. The minimum atomic E-state index is 0. The van der Waals surface area contributed by atoms with Gasteiger partial charge in [-0.1, -0.05) is 18.2 Å². The summed E-state index contributed by atoms with van der Waals surface area (Å²) in [6.45, 7) is 4.13. The van der Waals surface area contributed by atoms with Crippen LogP contribution in [0.2, 0.25) is 0 Å². The van der Waals surface area contributed by atoms with Gasteiger partial charge < -0.3 is 15.5 Å². The first kappa shape index (κ1) is 16.6. The predicted octanol–water partition coefficient (Wildman–Crippen LogP) is 3.28. The Kier molecular flexibility index (Phi) is 5.69. The molecule has 0 aliphatic carbocycles. The second kappa shape index (κ2) is 7.51. The maximum atomic E-state index is 12.3. The van der Waals surface area contributed by atoms with Crippen molar-refractivity contribution in [1.82, 2.24) is 5.32 Å². The van der Waals surface area contributed by atoms with Gasteiger partial charge in [-0.05, 0) is 30.5 Å². The summed E-state index contributed by atoms with van der Waals surface area (Å²) in [6.07, 6.45) is 0. The third kappa shape index (κ3) is 3.72. The Morgan fingerprint density at radius 1 is 1.36 bits per heavy atom. The SMILES string of the molecule is CC(NC(=O)CN1CCNc2ccccc21)c1cccs1.Cl. The zero-order chi connectivity index (χ0) is 14.7. The van der Waals surface area contributed by atoms with Crippen molar-refractivity contribution in [3.05, 3.63) is 46.7 Å². The standard InChI is InChI=1S/C16H19N3OS.ClH/c1-12(15-7-4-10-21-15)18-16(20)11-19-9-8-17-13-5-2-3-6-14(13)19;/h2-7,10,12,17H,8-9,11H2,1H3,(H,18,20);1H. The monoisotopic (exact) mass is 337 g/mol. The lowest BCUT2D eigenvalue weighted by molar-refractivity contribution is -0.120. The fourth-order valence-electron chi connectivity index (χ4n) is 2.58. The number of para-hydroxylation sites is 2. The van der Waals surface area contributed by atoms with Crippen molar-refractivity contribution in [2.45, 2.75) is 13.0 Å². The van der Waals surface area contributed by atoms with Gasteiger partial charge in [0.25, 0.3) is 0 Å². The molecule has 22 heavy (non-hydrogen) atoms. The number of anilines is 2. The molecular formula is C16H20ClN3OS. The highest BCUT2D eigenvalue weighted by Crippen LogP contribution is 2.28. The van der Waals surface area contributed by atoms with E-state index >= 15 is 0 Å². The van der Waals surface area contributed by atoms with Crippen LogP contribution in [-0.2, 0) is 4.79 Å². The van der Waals surface area contributed by atoms with Crippen molar-refractivity contribution in [1.29, 1.82) is 0 Å². The Morgan fingerprint density at radius 2 is 2.18 bits per heavy atom. The second-order valence-corrected chi connectivity index (χ2v) is 6.15. The van der Waals surface area contributed by atoms with Crippen LogP contribution in [0, 0.1) is 0 Å². The second-order valence-electron chi connectivity index (χ2n) is 5.17. The Labute approximate surface area is 140 Å². The number of nitrogens with one attached hydrogen (secondary N) is 2. The van der Waals surface area contributed by atoms with Crippen LogP contribution in [0.1, 0.15) is 17.8 Å². The maximum Gasteiger partial charge on any atom is 0.240 e. The van der Waals surface area contributed by atoms with Crippen molar-refractivity contribution in [3.8, 4) is 0 Å². The van der Waals surface area contributed by atoms with Crippen molar-refractivity contribution in [3.63, 3.8) is 0 Å². The fourth-order valence-corrected chi connectivity index (χ4v) is 3.31. The Balaban J connectivity index is 0.00000176. The minimum absolute atomic E-state index is 0. The quantitative estimate of drug-likeness (QED) is 0.900. The van der Waals surface area contributed by atoms with E-state index in [0.29, 0.717) is 6.54 Å². The van der Waals surface area contributed by atoms with Crippen LogP contribution in [0.25, 0.3) is 0 Å². The summed E-state index contributed by atoms with van der Waals surface area (Å²) in [5.74, 6) is 0.0626. The van der Waals surface area contributed by atoms with E-state index in [1.807, 2.05) is 36.6 Å². The van der Waals surface area contributed by atoms with Crippen molar-refractivity contribution in [2.24, 2.45) is 0 Å². The van der Waals surface area contributed by atoms with Crippen molar-refractivity contribution < 1.29 is 4.79 Å². The van der Waals surface area contributed by atoms with Gasteiger partial charge in [0.2, 0.25) is 5.91 Å². The molecular weight excluding hydrogens is 318 g/mol. The molecule has 1 unspecified atom stereocenters. The third-order valence-electron chi connectivity index (χ3n) is 3.62. The lowest BCUT2D eigenvalue weighted by Crippen LogP contribution is -2.42. The number of nitrogens with zero attached hydrogens (tertiary/aromatic N) is 1. The molecule has 1 amide bonds. The maximum absolute atomic E-state index is 12.3. The number of carbonyl (C=O) groups is 1. The highest BCUT2D eigenvalue weighted by molar-refractivity contribution is 7.10. The molecule has 2 heterocycles. The Bertz CT molecular complexity index is 618. The van der Waals surface area contributed by atoms with E-state index in [9.17, 15) is 4.79 Å². The lowest BCUT2D eigenvalue weighted by Gasteiger charge is -2.31. The van der Waals surface area contributed by atoms with Gasteiger partial charge in [0.05, 0.1) is 24.0 Å². The predicted molar refractivity (Wildman–Crippen MR) is 95.3 cm³/mol. The number of carbonyl (C=O) groups excluding carboxylic acids is 1. The molecule has 0 fully saturated rings. The molecule has 1 aromatic heterocycles. The van der Waals surface area contributed by atoms with Crippen LogP contribution in [0.15, 0.2) is 41.8 Å². The van der Waals surface area contributed by atoms with Crippen LogP contribution in [0.5, 0.6) is 0 Å². The van der Waals surface area contributed by atoms with E-state index in [2.05, 4.69) is 27.7 Å².